The maximum Gasteiger partial charge on any atom is 0.251 e. The van der Waals surface area contributed by atoms with Crippen LogP contribution < -0.4 is 5.32 Å². The van der Waals surface area contributed by atoms with Crippen LogP contribution in [-0.4, -0.2) is 27.4 Å². The van der Waals surface area contributed by atoms with Crippen molar-refractivity contribution < 1.29 is 4.79 Å². The monoisotopic (exact) mass is 248 g/mol. The Balaban J connectivity index is 1.83. The van der Waals surface area contributed by atoms with E-state index in [1.54, 1.807) is 41.3 Å². The first kappa shape index (κ1) is 11.7. The second-order valence-electron chi connectivity index (χ2n) is 3.47. The topological polar surface area (TPSA) is 59.8 Å². The van der Waals surface area contributed by atoms with Crippen LogP contribution >= 0.6 is 12.6 Å². The molecule has 0 saturated heterocycles. The van der Waals surface area contributed by atoms with Crippen molar-refractivity contribution in [2.75, 3.05) is 6.54 Å². The van der Waals surface area contributed by atoms with Gasteiger partial charge in [-0.3, -0.25) is 9.48 Å². The number of thiol groups is 1. The van der Waals surface area contributed by atoms with Crippen molar-refractivity contribution in [3.8, 4) is 0 Å². The molecule has 88 valence electrons. The lowest BCUT2D eigenvalue weighted by Crippen LogP contribution is -2.27. The molecule has 0 radical (unpaired) electrons. The minimum Gasteiger partial charge on any atom is -0.350 e. The molecule has 0 bridgehead atoms. The SMILES string of the molecule is O=C(NCCn1ccnn1)c1ccc(S)cc1. The molecular formula is C11H12N4OS. The Morgan fingerprint density at radius 3 is 2.76 bits per heavy atom. The number of hydrogen-bond acceptors (Lipinski definition) is 4. The number of carbonyl (C=O) groups excluding carboxylic acids is 1. The van der Waals surface area contributed by atoms with Gasteiger partial charge in [-0.1, -0.05) is 5.21 Å². The summed E-state index contributed by atoms with van der Waals surface area (Å²) in [6.45, 7) is 1.13. The van der Waals surface area contributed by atoms with E-state index in [0.717, 1.165) is 4.90 Å². The molecule has 1 N–H and O–H groups in total. The highest BCUT2D eigenvalue weighted by atomic mass is 32.1. The quantitative estimate of drug-likeness (QED) is 0.793. The van der Waals surface area contributed by atoms with Crippen molar-refractivity contribution in [1.29, 1.82) is 0 Å². The zero-order valence-corrected chi connectivity index (χ0v) is 9.97. The van der Waals surface area contributed by atoms with Gasteiger partial charge in [0, 0.05) is 23.2 Å². The highest BCUT2D eigenvalue weighted by molar-refractivity contribution is 7.80. The molecule has 2 aromatic rings. The number of hydrogen-bond donors (Lipinski definition) is 2. The molecule has 0 atom stereocenters. The van der Waals surface area contributed by atoms with Gasteiger partial charge in [-0.25, -0.2) is 0 Å². The van der Waals surface area contributed by atoms with Gasteiger partial charge in [0.1, 0.15) is 0 Å². The van der Waals surface area contributed by atoms with E-state index in [9.17, 15) is 4.79 Å². The summed E-state index contributed by atoms with van der Waals surface area (Å²) in [6.07, 6.45) is 3.36. The highest BCUT2D eigenvalue weighted by Crippen LogP contribution is 2.07. The van der Waals surface area contributed by atoms with Gasteiger partial charge in [0.15, 0.2) is 0 Å². The zero-order chi connectivity index (χ0) is 12.1. The van der Waals surface area contributed by atoms with Crippen molar-refractivity contribution in [3.05, 3.63) is 42.2 Å². The van der Waals surface area contributed by atoms with Gasteiger partial charge >= 0.3 is 0 Å². The van der Waals surface area contributed by atoms with Gasteiger partial charge in [0.25, 0.3) is 5.91 Å². The number of aromatic nitrogens is 3. The van der Waals surface area contributed by atoms with Crippen molar-refractivity contribution in [2.45, 2.75) is 11.4 Å². The summed E-state index contributed by atoms with van der Waals surface area (Å²) in [4.78, 5) is 12.5. The molecule has 1 aromatic heterocycles. The van der Waals surface area contributed by atoms with E-state index in [-0.39, 0.29) is 5.91 Å². The van der Waals surface area contributed by atoms with Crippen molar-refractivity contribution >= 4 is 18.5 Å². The fourth-order valence-corrected chi connectivity index (χ4v) is 1.50. The molecule has 1 heterocycles. The van der Waals surface area contributed by atoms with E-state index < -0.39 is 0 Å². The van der Waals surface area contributed by atoms with E-state index in [2.05, 4.69) is 28.3 Å². The van der Waals surface area contributed by atoms with Crippen LogP contribution in [0.4, 0.5) is 0 Å². The molecule has 1 amide bonds. The molecule has 0 aliphatic rings. The Bertz CT molecular complexity index is 481. The first-order chi connectivity index (χ1) is 8.25. The molecule has 0 saturated carbocycles. The van der Waals surface area contributed by atoms with Crippen molar-refractivity contribution in [3.63, 3.8) is 0 Å². The minimum absolute atomic E-state index is 0.0987. The molecule has 0 aliphatic carbocycles. The van der Waals surface area contributed by atoms with E-state index in [4.69, 9.17) is 0 Å². The van der Waals surface area contributed by atoms with E-state index in [1.807, 2.05) is 0 Å². The van der Waals surface area contributed by atoms with Crippen LogP contribution in [0.3, 0.4) is 0 Å². The Morgan fingerprint density at radius 1 is 1.35 bits per heavy atom. The summed E-state index contributed by atoms with van der Waals surface area (Å²) < 4.78 is 1.66. The van der Waals surface area contributed by atoms with Crippen LogP contribution in [0.25, 0.3) is 0 Å². The largest absolute Gasteiger partial charge is 0.350 e. The van der Waals surface area contributed by atoms with Crippen molar-refractivity contribution in [2.24, 2.45) is 0 Å². The Kier molecular flexibility index (Phi) is 3.77. The third kappa shape index (κ3) is 3.32. The Labute approximate surface area is 104 Å². The van der Waals surface area contributed by atoms with Gasteiger partial charge in [0.05, 0.1) is 12.7 Å². The number of nitrogens with one attached hydrogen (secondary N) is 1. The standard InChI is InChI=1S/C11H12N4OS/c16-11(9-1-3-10(17)4-2-9)12-5-7-15-8-6-13-14-15/h1-4,6,8,17H,5,7H2,(H,12,16). The number of rotatable bonds is 4. The zero-order valence-electron chi connectivity index (χ0n) is 9.08. The summed E-state index contributed by atoms with van der Waals surface area (Å²) in [5, 5.41) is 10.3. The lowest BCUT2D eigenvalue weighted by atomic mass is 10.2. The van der Waals surface area contributed by atoms with Crippen LogP contribution in [0.15, 0.2) is 41.6 Å². The second kappa shape index (κ2) is 5.49. The normalized spacial score (nSPS) is 10.2. The van der Waals surface area contributed by atoms with Crippen LogP contribution in [0, 0.1) is 0 Å². The molecule has 0 unspecified atom stereocenters. The highest BCUT2D eigenvalue weighted by Gasteiger charge is 2.03. The number of nitrogens with zero attached hydrogens (tertiary/aromatic N) is 3. The minimum atomic E-state index is -0.0987. The fourth-order valence-electron chi connectivity index (χ4n) is 1.35. The summed E-state index contributed by atoms with van der Waals surface area (Å²) in [5.41, 5.74) is 0.626. The summed E-state index contributed by atoms with van der Waals surface area (Å²) in [7, 11) is 0. The maximum absolute atomic E-state index is 11.7. The second-order valence-corrected chi connectivity index (χ2v) is 3.99. The first-order valence-corrected chi connectivity index (χ1v) is 5.62. The van der Waals surface area contributed by atoms with Gasteiger partial charge in [-0.05, 0) is 24.3 Å². The third-order valence-corrected chi connectivity index (χ3v) is 2.53. The summed E-state index contributed by atoms with van der Waals surface area (Å²) >= 11 is 4.16. The smallest absolute Gasteiger partial charge is 0.251 e. The maximum atomic E-state index is 11.7. The molecule has 0 fully saturated rings. The summed E-state index contributed by atoms with van der Waals surface area (Å²) in [5.74, 6) is -0.0987. The first-order valence-electron chi connectivity index (χ1n) is 5.17. The Morgan fingerprint density at radius 2 is 2.12 bits per heavy atom. The number of amides is 1. The van der Waals surface area contributed by atoms with E-state index in [1.165, 1.54) is 0 Å². The van der Waals surface area contributed by atoms with Gasteiger partial charge in [0.2, 0.25) is 0 Å². The van der Waals surface area contributed by atoms with Crippen LogP contribution in [0.5, 0.6) is 0 Å². The average molecular weight is 248 g/mol. The number of carbonyl (C=O) groups is 1. The predicted molar refractivity (Wildman–Crippen MR) is 66.0 cm³/mol. The molecule has 17 heavy (non-hydrogen) atoms. The van der Waals surface area contributed by atoms with Gasteiger partial charge in [-0.2, -0.15) is 0 Å². The lowest BCUT2D eigenvalue weighted by Gasteiger charge is -2.05. The van der Waals surface area contributed by atoms with Crippen LogP contribution in [-0.2, 0) is 6.54 Å². The molecule has 0 spiro atoms. The molecule has 2 rings (SSSR count). The van der Waals surface area contributed by atoms with Crippen LogP contribution in [0.2, 0.25) is 0 Å². The van der Waals surface area contributed by atoms with E-state index >= 15 is 0 Å². The molecule has 1 aromatic carbocycles. The van der Waals surface area contributed by atoms with E-state index in [0.29, 0.717) is 18.7 Å². The van der Waals surface area contributed by atoms with Crippen molar-refractivity contribution in [1.82, 2.24) is 20.3 Å². The Hall–Kier alpha value is -1.82. The molecular weight excluding hydrogens is 236 g/mol. The average Bonchev–Trinajstić information content (AvgIpc) is 2.83. The molecule has 0 aliphatic heterocycles. The fraction of sp³-hybridized carbons (Fsp3) is 0.182. The molecule has 6 heteroatoms. The third-order valence-electron chi connectivity index (χ3n) is 2.23. The van der Waals surface area contributed by atoms with Gasteiger partial charge in [-0.15, -0.1) is 17.7 Å². The predicted octanol–water partition coefficient (Wildman–Crippen LogP) is 0.997. The van der Waals surface area contributed by atoms with Crippen LogP contribution in [0.1, 0.15) is 10.4 Å². The summed E-state index contributed by atoms with van der Waals surface area (Å²) in [6, 6.07) is 7.06. The lowest BCUT2D eigenvalue weighted by molar-refractivity contribution is 0.0952. The number of benzene rings is 1. The van der Waals surface area contributed by atoms with Gasteiger partial charge < -0.3 is 5.32 Å². The molecule has 5 nitrogen and oxygen atoms in total.